The van der Waals surface area contributed by atoms with Gasteiger partial charge in [-0.1, -0.05) is 105 Å². The third-order valence-electron chi connectivity index (χ3n) is 14.4. The maximum Gasteiger partial charge on any atom is 0.321 e. The first-order valence-electron chi connectivity index (χ1n) is 24.2. The van der Waals surface area contributed by atoms with Gasteiger partial charge in [0, 0.05) is 74.3 Å². The van der Waals surface area contributed by atoms with Crippen molar-refractivity contribution in [2.45, 2.75) is 139 Å². The van der Waals surface area contributed by atoms with Gasteiger partial charge in [0.2, 0.25) is 0 Å². The van der Waals surface area contributed by atoms with E-state index in [1.165, 1.54) is 57.6 Å². The zero-order valence-electron chi connectivity index (χ0n) is 40.8. The van der Waals surface area contributed by atoms with Crippen LogP contribution in [0.2, 0.25) is 0 Å². The third kappa shape index (κ3) is 10.8. The number of hydrogen-bond donors (Lipinski definition) is 4. The quantitative estimate of drug-likeness (QED) is 0.0361. The monoisotopic (exact) mass is 887 g/mol. The Kier molecular flexibility index (Phi) is 16.4. The highest BCUT2D eigenvalue weighted by atomic mass is 16.5. The summed E-state index contributed by atoms with van der Waals surface area (Å²) in [4.78, 5) is 64.7. The number of hydrogen-bond acceptors (Lipinski definition) is 7. The molecule has 0 aromatic carbocycles. The highest BCUT2D eigenvalue weighted by molar-refractivity contribution is 6.24. The van der Waals surface area contributed by atoms with E-state index >= 15 is 0 Å². The van der Waals surface area contributed by atoms with Crippen LogP contribution >= 0.6 is 0 Å². The van der Waals surface area contributed by atoms with Gasteiger partial charge in [-0.15, -0.1) is 0 Å². The molecule has 1 saturated heterocycles. The number of esters is 2. The normalized spacial score (nSPS) is 18.8. The van der Waals surface area contributed by atoms with Gasteiger partial charge in [0.15, 0.2) is 12.1 Å². The number of H-pyrrole nitrogens is 3. The number of rotatable bonds is 21. The molecule has 10 heteroatoms. The maximum atomic E-state index is 14.4. The average molecular weight is 887 g/mol. The van der Waals surface area contributed by atoms with E-state index in [4.69, 9.17) is 9.47 Å². The number of allylic oxidation sites excluding steroid dienone is 3. The number of ether oxygens (including phenoxy) is 2. The van der Waals surface area contributed by atoms with Crippen molar-refractivity contribution in [1.82, 2.24) is 20.3 Å². The fourth-order valence-electron chi connectivity index (χ4n) is 10.4. The molecule has 2 aliphatic heterocycles. The average Bonchev–Trinajstić information content (AvgIpc) is 4.02. The van der Waals surface area contributed by atoms with Crippen LogP contribution in [-0.2, 0) is 25.5 Å². The van der Waals surface area contributed by atoms with Crippen molar-refractivity contribution in [3.05, 3.63) is 96.5 Å². The lowest BCUT2D eigenvalue weighted by Gasteiger charge is -2.19. The van der Waals surface area contributed by atoms with Gasteiger partial charge in [-0.3, -0.25) is 19.2 Å². The minimum atomic E-state index is -1.19. The molecule has 350 valence electrons. The van der Waals surface area contributed by atoms with Crippen molar-refractivity contribution in [1.29, 1.82) is 0 Å². The van der Waals surface area contributed by atoms with Crippen LogP contribution in [0.1, 0.15) is 185 Å². The Morgan fingerprint density at radius 3 is 2.15 bits per heavy atom. The van der Waals surface area contributed by atoms with Gasteiger partial charge in [-0.25, -0.2) is 0 Å². The number of aldehydes is 1. The number of carbonyl (C=O) groups excluding carboxylic acids is 4. The second-order valence-corrected chi connectivity index (χ2v) is 19.6. The second kappa shape index (κ2) is 21.7. The molecule has 8 bridgehead atoms. The largest absolute Gasteiger partial charge is 0.468 e. The minimum Gasteiger partial charge on any atom is -0.468 e. The number of nitrogens with one attached hydrogen (secondary N) is 4. The minimum absolute atomic E-state index is 0.134. The molecule has 0 radical (unpaired) electrons. The number of methoxy groups -OCH3 is 1. The molecule has 6 rings (SSSR count). The van der Waals surface area contributed by atoms with Gasteiger partial charge in [-0.05, 0) is 105 Å². The fourth-order valence-corrected chi connectivity index (χ4v) is 10.4. The molecule has 5 atom stereocenters. The van der Waals surface area contributed by atoms with Gasteiger partial charge in [0.1, 0.15) is 12.5 Å². The van der Waals surface area contributed by atoms with Crippen LogP contribution in [0.4, 0.5) is 0 Å². The molecule has 10 nitrogen and oxygen atoms in total. The lowest BCUT2D eigenvalue weighted by molar-refractivity contribution is -0.143. The molecule has 1 aliphatic carbocycles. The summed E-state index contributed by atoms with van der Waals surface area (Å²) in [6, 6.07) is 0. The van der Waals surface area contributed by atoms with Gasteiger partial charge < -0.3 is 29.7 Å². The highest BCUT2D eigenvalue weighted by Crippen LogP contribution is 2.48. The van der Waals surface area contributed by atoms with Gasteiger partial charge >= 0.3 is 11.9 Å². The number of Topliss-reactive ketones (excluding diaryl/α,β-unsaturated/α-hetero) is 1. The predicted molar refractivity (Wildman–Crippen MR) is 262 cm³/mol. The van der Waals surface area contributed by atoms with Crippen LogP contribution in [0.3, 0.4) is 0 Å². The van der Waals surface area contributed by atoms with E-state index in [2.05, 4.69) is 74.5 Å². The van der Waals surface area contributed by atoms with Crippen LogP contribution < -0.4 is 16.0 Å². The number of ketones is 1. The molecule has 4 N–H and O–H groups in total. The van der Waals surface area contributed by atoms with Crippen molar-refractivity contribution in [2.24, 2.45) is 35.5 Å². The van der Waals surface area contributed by atoms with E-state index in [1.807, 2.05) is 45.1 Å². The zero-order chi connectivity index (χ0) is 47.1. The summed E-state index contributed by atoms with van der Waals surface area (Å²) in [6.07, 6.45) is 23.1. The topological polar surface area (TPSA) is 146 Å². The standard InChI is InChI=1S/C55H74N4O6/c1-12-38-35(8)42-27-43-36(9)40(23-24-48(61)65-26-25-34(7)22-16-21-33(6)20-15-19-32(5)18-14-17-31(3)4)52(58-43)50-51(55(63)64-11)54(62)49-37(10)44(59-53(49)50)28-46-39(13-2)41(30-60)47(57-46)29-45(38)56-42/h12,25,27-33,36,40,51,56-59H,1,13-24,26H2,2-11H3/b34-25+,43-27?,46-28?,47-29?,52-50?/t32-,33-,36-,40-,51+/m0/s1. The Hall–Kier alpha value is -5.38. The zero-order valence-corrected chi connectivity index (χ0v) is 40.8. The summed E-state index contributed by atoms with van der Waals surface area (Å²) in [5.74, 6) is -0.546. The summed E-state index contributed by atoms with van der Waals surface area (Å²) in [5.41, 5.74) is 10.6. The van der Waals surface area contributed by atoms with Crippen LogP contribution in [0.25, 0.3) is 29.9 Å². The molecule has 5 heterocycles. The molecular formula is C55H74N4O6. The highest BCUT2D eigenvalue weighted by Gasteiger charge is 2.48. The molecule has 3 aliphatic rings. The Bertz CT molecular complexity index is 2500. The molecule has 65 heavy (non-hydrogen) atoms. The molecule has 1 fully saturated rings. The SMILES string of the molecule is C=Cc1c2[nH]c(c1C)C=C1NC(=C3c4[nH]c(c(C)c4C(=O)[C@@H]3C(=O)OC)C=c3[nH]c(c(C=O)c3CC)=C2)[C@@H](CCC(=O)OC/C=C(\C)CCC[C@@H](C)CCC[C@@H](C)CCCC(C)C)[C@@H]1C. The smallest absolute Gasteiger partial charge is 0.321 e. The van der Waals surface area contributed by atoms with Gasteiger partial charge in [0.05, 0.1) is 18.2 Å². The second-order valence-electron chi connectivity index (χ2n) is 19.6. The molecule has 0 saturated carbocycles. The molecule has 3 aromatic rings. The van der Waals surface area contributed by atoms with Gasteiger partial charge in [-0.2, -0.15) is 0 Å². The van der Waals surface area contributed by atoms with Crippen LogP contribution in [-0.4, -0.2) is 52.7 Å². The lowest BCUT2D eigenvalue weighted by Crippen LogP contribution is -2.25. The molecule has 0 amide bonds. The van der Waals surface area contributed by atoms with E-state index in [-0.39, 0.29) is 36.6 Å². The first-order chi connectivity index (χ1) is 31.1. The summed E-state index contributed by atoms with van der Waals surface area (Å²) < 4.78 is 11.1. The van der Waals surface area contributed by atoms with E-state index in [0.29, 0.717) is 63.5 Å². The summed E-state index contributed by atoms with van der Waals surface area (Å²) in [5, 5.41) is 5.08. The molecule has 0 spiro atoms. The van der Waals surface area contributed by atoms with E-state index in [0.717, 1.165) is 70.1 Å². The summed E-state index contributed by atoms with van der Waals surface area (Å²) >= 11 is 0. The third-order valence-corrected chi connectivity index (χ3v) is 14.4. The number of carbonyl (C=O) groups is 4. The van der Waals surface area contributed by atoms with Crippen molar-refractivity contribution in [3.8, 4) is 0 Å². The van der Waals surface area contributed by atoms with E-state index in [1.54, 1.807) is 0 Å². The summed E-state index contributed by atoms with van der Waals surface area (Å²) in [7, 11) is 1.30. The van der Waals surface area contributed by atoms with Crippen LogP contribution in [0.5, 0.6) is 0 Å². The predicted octanol–water partition coefficient (Wildman–Crippen LogP) is 10.6. The van der Waals surface area contributed by atoms with Crippen molar-refractivity contribution in [3.63, 3.8) is 0 Å². The van der Waals surface area contributed by atoms with Crippen LogP contribution in [0.15, 0.2) is 29.6 Å². The van der Waals surface area contributed by atoms with E-state index in [9.17, 15) is 19.2 Å². The number of fused-ring (bicyclic) bond motifs is 7. The fraction of sp³-hybridized carbons (Fsp3) is 0.527. The lowest BCUT2D eigenvalue weighted by atomic mass is 9.85. The Labute approximate surface area is 386 Å². The number of aromatic amines is 3. The van der Waals surface area contributed by atoms with Gasteiger partial charge in [0.25, 0.3) is 0 Å². The maximum absolute atomic E-state index is 14.4. The van der Waals surface area contributed by atoms with Crippen molar-refractivity contribution >= 4 is 53.9 Å². The first-order valence-corrected chi connectivity index (χ1v) is 24.2. The Balaban J connectivity index is 1.23. The van der Waals surface area contributed by atoms with Crippen molar-refractivity contribution in [2.75, 3.05) is 13.7 Å². The van der Waals surface area contributed by atoms with Crippen LogP contribution in [0, 0.1) is 49.4 Å². The number of aromatic nitrogens is 3. The molecule has 0 unspecified atom stereocenters. The summed E-state index contributed by atoms with van der Waals surface area (Å²) in [6.45, 7) is 23.9. The van der Waals surface area contributed by atoms with E-state index < -0.39 is 11.9 Å². The Morgan fingerprint density at radius 1 is 0.846 bits per heavy atom. The Morgan fingerprint density at radius 2 is 1.51 bits per heavy atom. The van der Waals surface area contributed by atoms with Crippen molar-refractivity contribution < 1.29 is 28.7 Å². The molecule has 3 aromatic heterocycles. The molecular weight excluding hydrogens is 813 g/mol. The first kappa shape index (κ1) is 49.1.